The van der Waals surface area contributed by atoms with Gasteiger partial charge in [-0.1, -0.05) is 11.6 Å². The molecule has 0 radical (unpaired) electrons. The van der Waals surface area contributed by atoms with Crippen molar-refractivity contribution in [3.63, 3.8) is 0 Å². The summed E-state index contributed by atoms with van der Waals surface area (Å²) in [6.45, 7) is 2.61. The highest BCUT2D eigenvalue weighted by Gasteiger charge is 2.30. The number of pyridine rings is 1. The summed E-state index contributed by atoms with van der Waals surface area (Å²) in [7, 11) is 0. The molecule has 1 N–H and O–H groups in total. The smallest absolute Gasteiger partial charge is 0.245 e. The van der Waals surface area contributed by atoms with E-state index in [1.807, 2.05) is 6.26 Å². The van der Waals surface area contributed by atoms with E-state index >= 15 is 0 Å². The highest BCUT2D eigenvalue weighted by atomic mass is 35.5. The lowest BCUT2D eigenvalue weighted by Gasteiger charge is -2.35. The van der Waals surface area contributed by atoms with Gasteiger partial charge < -0.3 is 15.0 Å². The van der Waals surface area contributed by atoms with E-state index in [0.29, 0.717) is 30.3 Å². The fourth-order valence-corrected chi connectivity index (χ4v) is 3.47. The number of piperidine rings is 1. The number of ether oxygens (including phenoxy) is 1. The molecule has 8 heteroatoms. The van der Waals surface area contributed by atoms with Gasteiger partial charge >= 0.3 is 0 Å². The van der Waals surface area contributed by atoms with E-state index in [9.17, 15) is 9.59 Å². The summed E-state index contributed by atoms with van der Waals surface area (Å²) in [6, 6.07) is 1.25. The first-order chi connectivity index (χ1) is 12.0. The van der Waals surface area contributed by atoms with Gasteiger partial charge in [0.25, 0.3) is 0 Å². The number of carbonyl (C=O) groups excluding carboxylic acids is 2. The van der Waals surface area contributed by atoms with Crippen LogP contribution in [-0.2, 0) is 9.59 Å². The van der Waals surface area contributed by atoms with Crippen LogP contribution < -0.4 is 10.1 Å². The third-order valence-electron chi connectivity index (χ3n) is 4.00. The van der Waals surface area contributed by atoms with E-state index < -0.39 is 6.04 Å². The molecule has 2 amide bonds. The molecule has 1 aromatic heterocycles. The second-order valence-electron chi connectivity index (χ2n) is 6.01. The Morgan fingerprint density at radius 3 is 3.04 bits per heavy atom. The van der Waals surface area contributed by atoms with Gasteiger partial charge in [0.1, 0.15) is 22.9 Å². The van der Waals surface area contributed by atoms with Gasteiger partial charge in [0, 0.05) is 31.9 Å². The van der Waals surface area contributed by atoms with Crippen LogP contribution in [0.1, 0.15) is 26.2 Å². The normalized spacial score (nSPS) is 18.5. The number of halogens is 1. The van der Waals surface area contributed by atoms with Crippen LogP contribution in [0.25, 0.3) is 0 Å². The van der Waals surface area contributed by atoms with Crippen molar-refractivity contribution in [3.05, 3.63) is 23.5 Å². The first-order valence-electron chi connectivity index (χ1n) is 8.32. The Labute approximate surface area is 157 Å². The molecule has 138 valence electrons. The second kappa shape index (κ2) is 9.87. The average Bonchev–Trinajstić information content (AvgIpc) is 2.60. The van der Waals surface area contributed by atoms with Crippen LogP contribution in [0.5, 0.6) is 5.75 Å². The number of aromatic nitrogens is 1. The van der Waals surface area contributed by atoms with Crippen LogP contribution in [0.3, 0.4) is 0 Å². The molecule has 6 nitrogen and oxygen atoms in total. The highest BCUT2D eigenvalue weighted by Crippen LogP contribution is 2.25. The minimum atomic E-state index is -0.479. The van der Waals surface area contributed by atoms with Gasteiger partial charge in [-0.05, 0) is 31.3 Å². The highest BCUT2D eigenvalue weighted by molar-refractivity contribution is 7.98. The molecule has 1 fully saturated rings. The molecule has 2 heterocycles. The molecule has 1 aliphatic heterocycles. The summed E-state index contributed by atoms with van der Waals surface area (Å²) in [5, 5.41) is 3.23. The molecule has 0 bridgehead atoms. The first-order valence-corrected chi connectivity index (χ1v) is 10.1. The number of thioether (sulfide) groups is 1. The number of rotatable bonds is 7. The van der Waals surface area contributed by atoms with E-state index in [-0.39, 0.29) is 17.9 Å². The predicted octanol–water partition coefficient (Wildman–Crippen LogP) is 2.36. The van der Waals surface area contributed by atoms with Crippen LogP contribution in [-0.4, -0.2) is 58.9 Å². The van der Waals surface area contributed by atoms with Crippen molar-refractivity contribution in [1.29, 1.82) is 0 Å². The fourth-order valence-electron chi connectivity index (χ4n) is 2.83. The zero-order valence-electron chi connectivity index (χ0n) is 14.5. The lowest BCUT2D eigenvalue weighted by molar-refractivity contribution is -0.138. The Morgan fingerprint density at radius 1 is 1.56 bits per heavy atom. The Kier molecular flexibility index (Phi) is 7.84. The SMILES string of the molecule is CSCCC(NC(C)=O)C(=O)N1CCCC(Oc2ccncc2Cl)C1. The second-order valence-corrected chi connectivity index (χ2v) is 7.40. The molecule has 0 saturated carbocycles. The topological polar surface area (TPSA) is 71.5 Å². The Balaban J connectivity index is 1.99. The number of hydrogen-bond donors (Lipinski definition) is 1. The molecule has 2 unspecified atom stereocenters. The quantitative estimate of drug-likeness (QED) is 0.780. The molecular formula is C17H24ClN3O3S. The van der Waals surface area contributed by atoms with E-state index in [2.05, 4.69) is 10.3 Å². The van der Waals surface area contributed by atoms with Crippen molar-refractivity contribution in [1.82, 2.24) is 15.2 Å². The number of likely N-dealkylation sites (tertiary alicyclic amines) is 1. The fraction of sp³-hybridized carbons (Fsp3) is 0.588. The Hall–Kier alpha value is -1.47. The molecule has 2 rings (SSSR count). The first kappa shape index (κ1) is 19.8. The van der Waals surface area contributed by atoms with Gasteiger partial charge in [-0.25, -0.2) is 0 Å². The third kappa shape index (κ3) is 6.08. The number of hydrogen-bond acceptors (Lipinski definition) is 5. The molecule has 2 atom stereocenters. The Morgan fingerprint density at radius 2 is 2.36 bits per heavy atom. The minimum absolute atomic E-state index is 0.0432. The van der Waals surface area contributed by atoms with Crippen molar-refractivity contribution in [2.24, 2.45) is 0 Å². The maximum Gasteiger partial charge on any atom is 0.245 e. The van der Waals surface area contributed by atoms with Gasteiger partial charge in [-0.2, -0.15) is 11.8 Å². The molecule has 1 aromatic rings. The molecule has 0 aliphatic carbocycles. The average molecular weight is 386 g/mol. The molecule has 1 aliphatic rings. The monoisotopic (exact) mass is 385 g/mol. The van der Waals surface area contributed by atoms with Gasteiger partial charge in [-0.3, -0.25) is 14.6 Å². The van der Waals surface area contributed by atoms with E-state index in [0.717, 1.165) is 18.6 Å². The van der Waals surface area contributed by atoms with Gasteiger partial charge in [0.15, 0.2) is 0 Å². The van der Waals surface area contributed by atoms with Crippen molar-refractivity contribution >= 4 is 35.2 Å². The van der Waals surface area contributed by atoms with Crippen LogP contribution >= 0.6 is 23.4 Å². The van der Waals surface area contributed by atoms with E-state index in [1.54, 1.807) is 28.9 Å². The summed E-state index contributed by atoms with van der Waals surface area (Å²) >= 11 is 7.75. The number of carbonyl (C=O) groups is 2. The van der Waals surface area contributed by atoms with Gasteiger partial charge in [0.2, 0.25) is 11.8 Å². The molecule has 0 aromatic carbocycles. The van der Waals surface area contributed by atoms with Crippen molar-refractivity contribution < 1.29 is 14.3 Å². The van der Waals surface area contributed by atoms with Crippen molar-refractivity contribution in [2.75, 3.05) is 25.1 Å². The largest absolute Gasteiger partial charge is 0.487 e. The standard InChI is InChI=1S/C17H24ClN3O3S/c1-12(22)20-15(6-9-25-2)17(23)21-8-3-4-13(11-21)24-16-5-7-19-10-14(16)18/h5,7,10,13,15H,3-4,6,8-9,11H2,1-2H3,(H,20,22). The number of nitrogens with one attached hydrogen (secondary N) is 1. The van der Waals surface area contributed by atoms with Gasteiger partial charge in [-0.15, -0.1) is 0 Å². The van der Waals surface area contributed by atoms with Crippen molar-refractivity contribution in [2.45, 2.75) is 38.3 Å². The number of nitrogens with zero attached hydrogens (tertiary/aromatic N) is 2. The van der Waals surface area contributed by atoms with Crippen molar-refractivity contribution in [3.8, 4) is 5.75 Å². The van der Waals surface area contributed by atoms with E-state index in [1.165, 1.54) is 13.1 Å². The van der Waals surface area contributed by atoms with Crippen LogP contribution in [0.4, 0.5) is 0 Å². The summed E-state index contributed by atoms with van der Waals surface area (Å²) < 4.78 is 5.95. The summed E-state index contributed by atoms with van der Waals surface area (Å²) in [5.41, 5.74) is 0. The van der Waals surface area contributed by atoms with E-state index in [4.69, 9.17) is 16.3 Å². The van der Waals surface area contributed by atoms with Crippen LogP contribution in [0, 0.1) is 0 Å². The maximum atomic E-state index is 12.8. The number of amides is 2. The molecule has 0 spiro atoms. The minimum Gasteiger partial charge on any atom is -0.487 e. The maximum absolute atomic E-state index is 12.8. The lowest BCUT2D eigenvalue weighted by Crippen LogP contribution is -2.52. The summed E-state index contributed by atoms with van der Waals surface area (Å²) in [5.74, 6) is 1.17. The Bertz CT molecular complexity index is 602. The summed E-state index contributed by atoms with van der Waals surface area (Å²) in [4.78, 5) is 30.0. The van der Waals surface area contributed by atoms with Crippen LogP contribution in [0.2, 0.25) is 5.02 Å². The molecular weight excluding hydrogens is 362 g/mol. The zero-order valence-corrected chi connectivity index (χ0v) is 16.1. The van der Waals surface area contributed by atoms with Crippen LogP contribution in [0.15, 0.2) is 18.5 Å². The zero-order chi connectivity index (χ0) is 18.2. The molecule has 25 heavy (non-hydrogen) atoms. The molecule has 1 saturated heterocycles. The summed E-state index contributed by atoms with van der Waals surface area (Å²) in [6.07, 6.45) is 7.37. The van der Waals surface area contributed by atoms with Gasteiger partial charge in [0.05, 0.1) is 6.54 Å². The lowest BCUT2D eigenvalue weighted by atomic mass is 10.1. The predicted molar refractivity (Wildman–Crippen MR) is 100 cm³/mol. The third-order valence-corrected chi connectivity index (χ3v) is 4.93.